The minimum atomic E-state index is 0.346. The van der Waals surface area contributed by atoms with E-state index in [0.29, 0.717) is 23.5 Å². The number of aliphatic imine (C=N–C) groups is 1. The lowest BCUT2D eigenvalue weighted by Crippen LogP contribution is -2.46. The molecule has 0 atom stereocenters. The van der Waals surface area contributed by atoms with Gasteiger partial charge in [0.05, 0.1) is 25.2 Å². The molecular formula is C20H32BrN3O3. The van der Waals surface area contributed by atoms with Crippen LogP contribution in [-0.2, 0) is 11.3 Å². The number of guanidine groups is 1. The molecule has 1 aromatic carbocycles. The molecule has 0 unspecified atom stereocenters. The van der Waals surface area contributed by atoms with E-state index in [9.17, 15) is 0 Å². The Morgan fingerprint density at radius 3 is 2.52 bits per heavy atom. The fraction of sp³-hybridized carbons (Fsp3) is 0.650. The van der Waals surface area contributed by atoms with Gasteiger partial charge in [0, 0.05) is 26.8 Å². The maximum atomic E-state index is 5.42. The summed E-state index contributed by atoms with van der Waals surface area (Å²) < 4.78 is 16.9. The highest BCUT2D eigenvalue weighted by Gasteiger charge is 2.36. The third-order valence-electron chi connectivity index (χ3n) is 5.14. The van der Waals surface area contributed by atoms with Gasteiger partial charge >= 0.3 is 0 Å². The Hall–Kier alpha value is -1.47. The fourth-order valence-electron chi connectivity index (χ4n) is 3.36. The summed E-state index contributed by atoms with van der Waals surface area (Å²) in [5, 5.41) is 6.86. The molecule has 0 heterocycles. The Morgan fingerprint density at radius 1 is 1.19 bits per heavy atom. The lowest BCUT2D eigenvalue weighted by molar-refractivity contribution is 0.0732. The Kier molecular flexibility index (Phi) is 8.70. The van der Waals surface area contributed by atoms with Crippen molar-refractivity contribution in [1.29, 1.82) is 0 Å². The van der Waals surface area contributed by atoms with Crippen LogP contribution in [0.15, 0.2) is 21.6 Å². The highest BCUT2D eigenvalue weighted by molar-refractivity contribution is 9.10. The molecule has 27 heavy (non-hydrogen) atoms. The van der Waals surface area contributed by atoms with Gasteiger partial charge in [-0.2, -0.15) is 0 Å². The predicted molar refractivity (Wildman–Crippen MR) is 113 cm³/mol. The first-order valence-corrected chi connectivity index (χ1v) is 10.3. The van der Waals surface area contributed by atoms with Crippen LogP contribution in [0, 0.1) is 5.41 Å². The van der Waals surface area contributed by atoms with Gasteiger partial charge in [-0.15, -0.1) is 0 Å². The van der Waals surface area contributed by atoms with Crippen LogP contribution >= 0.6 is 15.9 Å². The average molecular weight is 442 g/mol. The molecule has 1 aromatic rings. The van der Waals surface area contributed by atoms with Gasteiger partial charge in [-0.1, -0.05) is 6.42 Å². The highest BCUT2D eigenvalue weighted by Crippen LogP contribution is 2.43. The van der Waals surface area contributed by atoms with Crippen molar-refractivity contribution in [2.75, 3.05) is 41.0 Å². The molecular weight excluding hydrogens is 410 g/mol. The van der Waals surface area contributed by atoms with Gasteiger partial charge in [0.2, 0.25) is 0 Å². The molecule has 0 saturated heterocycles. The summed E-state index contributed by atoms with van der Waals surface area (Å²) >= 11 is 3.54. The molecule has 7 heteroatoms. The molecule has 0 aliphatic heterocycles. The van der Waals surface area contributed by atoms with Crippen LogP contribution in [0.3, 0.4) is 0 Å². The molecule has 1 aliphatic rings. The largest absolute Gasteiger partial charge is 0.493 e. The Balaban J connectivity index is 2.03. The quantitative estimate of drug-likeness (QED) is 0.427. The summed E-state index contributed by atoms with van der Waals surface area (Å²) in [6, 6.07) is 3.98. The zero-order valence-corrected chi connectivity index (χ0v) is 18.4. The Labute approximate surface area is 171 Å². The summed E-state index contributed by atoms with van der Waals surface area (Å²) in [4.78, 5) is 4.74. The topological polar surface area (TPSA) is 64.1 Å². The summed E-state index contributed by atoms with van der Waals surface area (Å²) in [5.41, 5.74) is 1.40. The molecule has 1 aliphatic carbocycles. The van der Waals surface area contributed by atoms with Crippen LogP contribution in [0.5, 0.6) is 11.5 Å². The molecule has 1 fully saturated rings. The maximum Gasteiger partial charge on any atom is 0.191 e. The fourth-order valence-corrected chi connectivity index (χ4v) is 4.01. The molecule has 0 bridgehead atoms. The van der Waals surface area contributed by atoms with Crippen LogP contribution in [0.4, 0.5) is 0 Å². The first-order valence-electron chi connectivity index (χ1n) is 9.49. The van der Waals surface area contributed by atoms with Gasteiger partial charge in [-0.3, -0.25) is 0 Å². The molecule has 152 valence electrons. The lowest BCUT2D eigenvalue weighted by Gasteiger charge is -2.42. The van der Waals surface area contributed by atoms with Crippen LogP contribution in [0.25, 0.3) is 0 Å². The van der Waals surface area contributed by atoms with E-state index in [-0.39, 0.29) is 0 Å². The molecule has 1 saturated carbocycles. The number of benzene rings is 1. The summed E-state index contributed by atoms with van der Waals surface area (Å²) in [7, 11) is 5.04. The second kappa shape index (κ2) is 10.8. The first-order chi connectivity index (χ1) is 13.1. The second-order valence-corrected chi connectivity index (χ2v) is 7.81. The van der Waals surface area contributed by atoms with Crippen molar-refractivity contribution in [3.05, 3.63) is 22.2 Å². The van der Waals surface area contributed by atoms with Gasteiger partial charge in [0.25, 0.3) is 0 Å². The third-order valence-corrected chi connectivity index (χ3v) is 5.73. The van der Waals surface area contributed by atoms with E-state index in [1.165, 1.54) is 19.3 Å². The zero-order chi connectivity index (χ0) is 19.7. The van der Waals surface area contributed by atoms with Crippen LogP contribution in [-0.4, -0.2) is 47.0 Å². The zero-order valence-electron chi connectivity index (χ0n) is 16.9. The van der Waals surface area contributed by atoms with Crippen molar-refractivity contribution in [3.63, 3.8) is 0 Å². The number of halogens is 1. The van der Waals surface area contributed by atoms with Gasteiger partial charge in [0.15, 0.2) is 17.5 Å². The molecule has 2 rings (SSSR count). The lowest BCUT2D eigenvalue weighted by atomic mass is 9.67. The molecule has 2 N–H and O–H groups in total. The standard InChI is InChI=1S/C20H32BrN3O3/c1-5-22-19(24-14-20(7-6-8-20)9-10-25-2)23-13-15-11-16(21)18(27-4)17(12-15)26-3/h11-12H,5-10,13-14H2,1-4H3,(H2,22,23,24). The van der Waals surface area contributed by atoms with E-state index < -0.39 is 0 Å². The SMILES string of the molecule is CCNC(=NCc1cc(Br)c(OC)c(OC)c1)NCC1(CCOC)CCC1. The predicted octanol–water partition coefficient (Wildman–Crippen LogP) is 3.73. The second-order valence-electron chi connectivity index (χ2n) is 6.96. The van der Waals surface area contributed by atoms with Crippen molar-refractivity contribution in [2.45, 2.75) is 39.2 Å². The van der Waals surface area contributed by atoms with Crippen LogP contribution in [0.2, 0.25) is 0 Å². The number of methoxy groups -OCH3 is 3. The van der Waals surface area contributed by atoms with Crippen LogP contribution in [0.1, 0.15) is 38.2 Å². The van der Waals surface area contributed by atoms with E-state index in [4.69, 9.17) is 19.2 Å². The number of nitrogens with zero attached hydrogens (tertiary/aromatic N) is 1. The van der Waals surface area contributed by atoms with E-state index in [1.54, 1.807) is 21.3 Å². The molecule has 0 amide bonds. The van der Waals surface area contributed by atoms with E-state index in [0.717, 1.165) is 42.1 Å². The van der Waals surface area contributed by atoms with Crippen molar-refractivity contribution < 1.29 is 14.2 Å². The van der Waals surface area contributed by atoms with Crippen molar-refractivity contribution in [1.82, 2.24) is 10.6 Å². The van der Waals surface area contributed by atoms with Gasteiger partial charge in [-0.05, 0) is 65.2 Å². The normalized spacial score (nSPS) is 15.8. The van der Waals surface area contributed by atoms with E-state index in [2.05, 4.69) is 33.5 Å². The number of rotatable bonds is 10. The third kappa shape index (κ3) is 6.01. The van der Waals surface area contributed by atoms with Crippen molar-refractivity contribution >= 4 is 21.9 Å². The molecule has 0 radical (unpaired) electrons. The molecule has 0 spiro atoms. The van der Waals surface area contributed by atoms with Crippen LogP contribution < -0.4 is 20.1 Å². The van der Waals surface area contributed by atoms with Crippen molar-refractivity contribution in [3.8, 4) is 11.5 Å². The molecule has 6 nitrogen and oxygen atoms in total. The number of hydrogen-bond donors (Lipinski definition) is 2. The summed E-state index contributed by atoms with van der Waals surface area (Å²) in [6.07, 6.45) is 4.91. The summed E-state index contributed by atoms with van der Waals surface area (Å²) in [6.45, 7) is 5.20. The van der Waals surface area contributed by atoms with E-state index >= 15 is 0 Å². The van der Waals surface area contributed by atoms with Crippen molar-refractivity contribution in [2.24, 2.45) is 10.4 Å². The monoisotopic (exact) mass is 441 g/mol. The van der Waals surface area contributed by atoms with Gasteiger partial charge in [0.1, 0.15) is 0 Å². The van der Waals surface area contributed by atoms with E-state index in [1.807, 2.05) is 12.1 Å². The first kappa shape index (κ1) is 21.8. The summed E-state index contributed by atoms with van der Waals surface area (Å²) in [5.74, 6) is 2.23. The maximum absolute atomic E-state index is 5.42. The van der Waals surface area contributed by atoms with Gasteiger partial charge in [-0.25, -0.2) is 4.99 Å². The Bertz CT molecular complexity index is 633. The van der Waals surface area contributed by atoms with Gasteiger partial charge < -0.3 is 24.8 Å². The smallest absolute Gasteiger partial charge is 0.191 e. The number of ether oxygens (including phenoxy) is 3. The minimum Gasteiger partial charge on any atom is -0.493 e. The highest BCUT2D eigenvalue weighted by atomic mass is 79.9. The molecule has 0 aromatic heterocycles. The Morgan fingerprint density at radius 2 is 1.96 bits per heavy atom. The average Bonchev–Trinajstić information content (AvgIpc) is 2.64. The number of nitrogens with one attached hydrogen (secondary N) is 2. The minimum absolute atomic E-state index is 0.346. The number of hydrogen-bond acceptors (Lipinski definition) is 4.